The van der Waals surface area contributed by atoms with Gasteiger partial charge in [-0.3, -0.25) is 29.0 Å². The normalized spacial score (nSPS) is 27.5. The SMILES string of the molecule is C[C@H]1C(=O)N(C)[C@H](C(C)(C)C)N1C(=O)Cl.C[C@H]1C(=O)N(C)[C@H](C(C)(C)C)N1C(=O)Cl. The van der Waals surface area contributed by atoms with E-state index in [0.717, 1.165) is 0 Å². The van der Waals surface area contributed by atoms with E-state index in [9.17, 15) is 19.2 Å². The molecule has 0 spiro atoms. The van der Waals surface area contributed by atoms with Crippen LogP contribution in [-0.2, 0) is 9.59 Å². The molecule has 0 aliphatic carbocycles. The van der Waals surface area contributed by atoms with Gasteiger partial charge in [0, 0.05) is 24.9 Å². The Kier molecular flexibility index (Phi) is 7.87. The highest BCUT2D eigenvalue weighted by molar-refractivity contribution is 6.63. The third kappa shape index (κ3) is 5.02. The number of amides is 4. The minimum atomic E-state index is -0.569. The molecule has 0 unspecified atom stereocenters. The molecule has 0 saturated carbocycles. The standard InChI is InChI=1S/2C10H17ClN2O2/c2*1-6-7(14)12(5)8(10(2,3)4)13(6)9(11)15/h2*6,8H,1-5H3/t2*6-,8-/m00/s1. The Hall–Kier alpha value is -1.54. The second-order valence-corrected chi connectivity index (χ2v) is 10.7. The highest BCUT2D eigenvalue weighted by atomic mass is 35.5. The van der Waals surface area contributed by atoms with Gasteiger partial charge in [-0.15, -0.1) is 0 Å². The molecule has 30 heavy (non-hydrogen) atoms. The van der Waals surface area contributed by atoms with Crippen molar-refractivity contribution in [3.8, 4) is 0 Å². The predicted molar refractivity (Wildman–Crippen MR) is 117 cm³/mol. The Morgan fingerprint density at radius 2 is 0.933 bits per heavy atom. The summed E-state index contributed by atoms with van der Waals surface area (Å²) in [4.78, 5) is 52.2. The molecule has 2 aliphatic rings. The fraction of sp³-hybridized carbons (Fsp3) is 0.800. The Labute approximate surface area is 189 Å². The quantitative estimate of drug-likeness (QED) is 0.403. The molecule has 0 bridgehead atoms. The molecule has 10 heteroatoms. The van der Waals surface area contributed by atoms with Gasteiger partial charge in [0.1, 0.15) is 24.4 Å². The van der Waals surface area contributed by atoms with E-state index in [-0.39, 0.29) is 35.0 Å². The number of hydrogen-bond acceptors (Lipinski definition) is 4. The van der Waals surface area contributed by atoms with E-state index in [4.69, 9.17) is 23.2 Å². The van der Waals surface area contributed by atoms with E-state index in [2.05, 4.69) is 0 Å². The fourth-order valence-electron chi connectivity index (χ4n) is 4.36. The molecule has 4 amide bonds. The lowest BCUT2D eigenvalue weighted by Gasteiger charge is -2.37. The zero-order valence-electron chi connectivity index (χ0n) is 19.5. The maximum absolute atomic E-state index is 11.8. The first-order chi connectivity index (χ1) is 13.4. The van der Waals surface area contributed by atoms with Crippen molar-refractivity contribution in [1.82, 2.24) is 19.6 Å². The monoisotopic (exact) mass is 464 g/mol. The second kappa shape index (κ2) is 8.91. The van der Waals surface area contributed by atoms with E-state index < -0.39 is 22.8 Å². The topological polar surface area (TPSA) is 81.2 Å². The third-order valence-electron chi connectivity index (χ3n) is 5.46. The molecular formula is C20H34Cl2N4O4. The summed E-state index contributed by atoms with van der Waals surface area (Å²) in [6.45, 7) is 15.3. The average Bonchev–Trinajstić information content (AvgIpc) is 2.94. The van der Waals surface area contributed by atoms with Crippen molar-refractivity contribution >= 4 is 45.7 Å². The molecular weight excluding hydrogens is 431 g/mol. The number of nitrogens with zero attached hydrogens (tertiary/aromatic N) is 4. The van der Waals surface area contributed by atoms with Crippen molar-refractivity contribution in [3.63, 3.8) is 0 Å². The van der Waals surface area contributed by atoms with Crippen LogP contribution in [0.5, 0.6) is 0 Å². The fourth-order valence-corrected chi connectivity index (χ4v) is 4.84. The van der Waals surface area contributed by atoms with Crippen molar-refractivity contribution < 1.29 is 19.2 Å². The summed E-state index contributed by atoms with van der Waals surface area (Å²) in [7, 11) is 3.41. The lowest BCUT2D eigenvalue weighted by atomic mass is 9.91. The lowest BCUT2D eigenvalue weighted by Crippen LogP contribution is -2.48. The molecule has 0 N–H and O–H groups in total. The van der Waals surface area contributed by atoms with Crippen LogP contribution < -0.4 is 0 Å². The summed E-state index contributed by atoms with van der Waals surface area (Å²) in [5.74, 6) is -0.132. The summed E-state index contributed by atoms with van der Waals surface area (Å²) in [6.07, 6.45) is -0.546. The minimum Gasteiger partial charge on any atom is -0.323 e. The zero-order chi connectivity index (χ0) is 23.9. The Morgan fingerprint density at radius 3 is 1.07 bits per heavy atom. The van der Waals surface area contributed by atoms with Crippen LogP contribution in [0.4, 0.5) is 9.59 Å². The summed E-state index contributed by atoms with van der Waals surface area (Å²) in [5, 5.41) is -1.14. The molecule has 2 heterocycles. The molecule has 0 radical (unpaired) electrons. The van der Waals surface area contributed by atoms with Crippen molar-refractivity contribution in [3.05, 3.63) is 0 Å². The Bertz CT molecular complexity index is 657. The van der Waals surface area contributed by atoms with Crippen LogP contribution in [0.15, 0.2) is 0 Å². The molecule has 8 nitrogen and oxygen atoms in total. The van der Waals surface area contributed by atoms with E-state index >= 15 is 0 Å². The van der Waals surface area contributed by atoms with Crippen LogP contribution in [0.1, 0.15) is 55.4 Å². The summed E-state index contributed by atoms with van der Waals surface area (Å²) in [5.41, 5.74) is -0.417. The summed E-state index contributed by atoms with van der Waals surface area (Å²) < 4.78 is 0. The van der Waals surface area contributed by atoms with Gasteiger partial charge in [0.15, 0.2) is 0 Å². The van der Waals surface area contributed by atoms with Gasteiger partial charge in [-0.2, -0.15) is 0 Å². The van der Waals surface area contributed by atoms with Gasteiger partial charge in [-0.05, 0) is 37.0 Å². The van der Waals surface area contributed by atoms with Gasteiger partial charge < -0.3 is 9.80 Å². The molecule has 2 aliphatic heterocycles. The zero-order valence-corrected chi connectivity index (χ0v) is 21.0. The molecule has 2 saturated heterocycles. The highest BCUT2D eigenvalue weighted by Gasteiger charge is 2.50. The van der Waals surface area contributed by atoms with Crippen LogP contribution in [0.25, 0.3) is 0 Å². The Balaban J connectivity index is 0.000000300. The number of carbonyl (C=O) groups excluding carboxylic acids is 4. The number of halogens is 2. The molecule has 4 atom stereocenters. The van der Waals surface area contributed by atoms with Crippen LogP contribution in [0, 0.1) is 10.8 Å². The number of hydrogen-bond donors (Lipinski definition) is 0. The van der Waals surface area contributed by atoms with Gasteiger partial charge in [0.2, 0.25) is 11.8 Å². The van der Waals surface area contributed by atoms with E-state index in [1.807, 2.05) is 41.5 Å². The van der Waals surface area contributed by atoms with Crippen LogP contribution in [0.3, 0.4) is 0 Å². The highest BCUT2D eigenvalue weighted by Crippen LogP contribution is 2.35. The van der Waals surface area contributed by atoms with Gasteiger partial charge in [-0.25, -0.2) is 0 Å². The number of rotatable bonds is 0. The van der Waals surface area contributed by atoms with Crippen LogP contribution >= 0.6 is 23.2 Å². The molecule has 172 valence electrons. The number of likely N-dealkylation sites (N-methyl/N-ethyl adjacent to an activating group) is 2. The van der Waals surface area contributed by atoms with Gasteiger partial charge in [0.25, 0.3) is 0 Å². The van der Waals surface area contributed by atoms with Crippen molar-refractivity contribution in [2.24, 2.45) is 10.8 Å². The largest absolute Gasteiger partial charge is 0.323 e. The molecule has 0 aromatic carbocycles. The maximum Gasteiger partial charge on any atom is 0.318 e. The van der Waals surface area contributed by atoms with Crippen molar-refractivity contribution in [2.45, 2.75) is 79.8 Å². The average molecular weight is 465 g/mol. The molecule has 0 aromatic heterocycles. The predicted octanol–water partition coefficient (Wildman–Crippen LogP) is 3.76. The number of carbonyl (C=O) groups is 4. The minimum absolute atomic E-state index is 0.0658. The lowest BCUT2D eigenvalue weighted by molar-refractivity contribution is -0.130. The second-order valence-electron chi connectivity index (χ2n) is 10.1. The van der Waals surface area contributed by atoms with Crippen molar-refractivity contribution in [2.75, 3.05) is 14.1 Å². The molecule has 0 aromatic rings. The molecule has 2 fully saturated rings. The first kappa shape index (κ1) is 26.5. The van der Waals surface area contributed by atoms with E-state index in [1.165, 1.54) is 9.80 Å². The first-order valence-electron chi connectivity index (χ1n) is 9.84. The third-order valence-corrected chi connectivity index (χ3v) is 5.85. The van der Waals surface area contributed by atoms with E-state index in [1.54, 1.807) is 37.7 Å². The summed E-state index contributed by atoms with van der Waals surface area (Å²) in [6, 6.07) is -0.937. The van der Waals surface area contributed by atoms with Crippen LogP contribution in [0.2, 0.25) is 0 Å². The van der Waals surface area contributed by atoms with Gasteiger partial charge in [0.05, 0.1) is 0 Å². The van der Waals surface area contributed by atoms with Gasteiger partial charge in [-0.1, -0.05) is 41.5 Å². The van der Waals surface area contributed by atoms with Crippen molar-refractivity contribution in [1.29, 1.82) is 0 Å². The maximum atomic E-state index is 11.8. The van der Waals surface area contributed by atoms with Gasteiger partial charge >= 0.3 is 10.7 Å². The molecule has 2 rings (SSSR count). The first-order valence-corrected chi connectivity index (χ1v) is 10.6. The smallest absolute Gasteiger partial charge is 0.318 e. The summed E-state index contributed by atoms with van der Waals surface area (Å²) >= 11 is 11.0. The Morgan fingerprint density at radius 1 is 0.700 bits per heavy atom. The van der Waals surface area contributed by atoms with E-state index in [0.29, 0.717) is 0 Å². The van der Waals surface area contributed by atoms with Crippen LogP contribution in [-0.4, -0.2) is 80.7 Å².